The van der Waals surface area contributed by atoms with Crippen molar-refractivity contribution in [3.63, 3.8) is 0 Å². The van der Waals surface area contributed by atoms with E-state index in [4.69, 9.17) is 0 Å². The number of nitrogens with zero attached hydrogens (tertiary/aromatic N) is 3. The second-order valence-corrected chi connectivity index (χ2v) is 4.73. The molecular weight excluding hydrogens is 271 g/mol. The summed E-state index contributed by atoms with van der Waals surface area (Å²) in [6.07, 6.45) is 1.39. The van der Waals surface area contributed by atoms with Gasteiger partial charge < -0.3 is 4.90 Å². The van der Waals surface area contributed by atoms with Gasteiger partial charge in [0.2, 0.25) is 0 Å². The summed E-state index contributed by atoms with van der Waals surface area (Å²) in [5, 5.41) is 7.50. The van der Waals surface area contributed by atoms with Gasteiger partial charge in [0.05, 0.1) is 6.54 Å². The molecule has 0 unspecified atom stereocenters. The Morgan fingerprint density at radius 2 is 2.00 bits per heavy atom. The zero-order valence-electron chi connectivity index (χ0n) is 11.4. The van der Waals surface area contributed by atoms with Crippen molar-refractivity contribution in [2.75, 3.05) is 7.05 Å². The Balaban J connectivity index is 1.96. The van der Waals surface area contributed by atoms with Crippen LogP contribution in [0.3, 0.4) is 0 Å². The number of carbonyl (C=O) groups excluding carboxylic acids is 1. The van der Waals surface area contributed by atoms with Crippen LogP contribution >= 0.6 is 0 Å². The molecule has 1 amide bonds. The average molecular weight is 284 g/mol. The summed E-state index contributed by atoms with van der Waals surface area (Å²) < 4.78 is 13.8. The molecule has 0 radical (unpaired) electrons. The van der Waals surface area contributed by atoms with E-state index in [1.54, 1.807) is 31.3 Å². The molecular formula is C15H13FN4O. The molecule has 0 saturated heterocycles. The zero-order valence-corrected chi connectivity index (χ0v) is 11.4. The number of amides is 1. The van der Waals surface area contributed by atoms with Crippen molar-refractivity contribution in [2.45, 2.75) is 6.54 Å². The first-order valence-electron chi connectivity index (χ1n) is 6.44. The molecule has 106 valence electrons. The van der Waals surface area contributed by atoms with Crippen molar-refractivity contribution in [3.8, 4) is 0 Å². The van der Waals surface area contributed by atoms with Crippen LogP contribution in [0, 0.1) is 5.82 Å². The van der Waals surface area contributed by atoms with Crippen LogP contribution in [0.5, 0.6) is 0 Å². The van der Waals surface area contributed by atoms with Crippen molar-refractivity contribution < 1.29 is 9.18 Å². The molecule has 3 aromatic rings. The fraction of sp³-hybridized carbons (Fsp3) is 0.133. The quantitative estimate of drug-likeness (QED) is 0.803. The third-order valence-electron chi connectivity index (χ3n) is 3.30. The van der Waals surface area contributed by atoms with E-state index in [0.717, 1.165) is 0 Å². The maximum atomic E-state index is 13.8. The molecule has 3 rings (SSSR count). The lowest BCUT2D eigenvalue weighted by atomic mass is 10.0. The summed E-state index contributed by atoms with van der Waals surface area (Å²) in [6.45, 7) is 0.310. The minimum Gasteiger partial charge on any atom is -0.334 e. The molecule has 0 aliphatic heterocycles. The van der Waals surface area contributed by atoms with Gasteiger partial charge in [-0.05, 0) is 17.5 Å². The summed E-state index contributed by atoms with van der Waals surface area (Å²) in [5.74, 6) is 0.0694. The van der Waals surface area contributed by atoms with Crippen LogP contribution in [0.1, 0.15) is 16.2 Å². The zero-order chi connectivity index (χ0) is 14.8. The number of halogens is 1. The number of carbonyl (C=O) groups is 1. The lowest BCUT2D eigenvalue weighted by Crippen LogP contribution is -2.27. The van der Waals surface area contributed by atoms with Crippen LogP contribution in [0.15, 0.2) is 42.7 Å². The SMILES string of the molecule is CN(Cc1ncn[nH]1)C(=O)c1ccc(F)c2ccccc12. The van der Waals surface area contributed by atoms with Gasteiger partial charge in [0.15, 0.2) is 0 Å². The molecule has 21 heavy (non-hydrogen) atoms. The summed E-state index contributed by atoms with van der Waals surface area (Å²) in [7, 11) is 1.67. The molecule has 0 atom stereocenters. The van der Waals surface area contributed by atoms with Gasteiger partial charge in [-0.1, -0.05) is 24.3 Å². The molecule has 0 fully saturated rings. The predicted octanol–water partition coefficient (Wildman–Crippen LogP) is 2.37. The Bertz CT molecular complexity index is 785. The normalized spacial score (nSPS) is 10.8. The number of rotatable bonds is 3. The Labute approximate surface area is 120 Å². The van der Waals surface area contributed by atoms with Crippen molar-refractivity contribution in [1.82, 2.24) is 20.1 Å². The second kappa shape index (κ2) is 5.32. The topological polar surface area (TPSA) is 61.9 Å². The minimum absolute atomic E-state index is 0.192. The number of hydrogen-bond acceptors (Lipinski definition) is 3. The highest BCUT2D eigenvalue weighted by atomic mass is 19.1. The first kappa shape index (κ1) is 13.2. The van der Waals surface area contributed by atoms with Crippen molar-refractivity contribution in [3.05, 3.63) is 59.9 Å². The molecule has 5 nitrogen and oxygen atoms in total. The van der Waals surface area contributed by atoms with Gasteiger partial charge >= 0.3 is 0 Å². The molecule has 0 aliphatic rings. The second-order valence-electron chi connectivity index (χ2n) is 4.73. The standard InChI is InChI=1S/C15H13FN4O/c1-20(8-14-17-9-18-19-14)15(21)12-6-7-13(16)11-5-3-2-4-10(11)12/h2-7,9H,8H2,1H3,(H,17,18,19). The highest BCUT2D eigenvalue weighted by Gasteiger charge is 2.17. The van der Waals surface area contributed by atoms with Gasteiger partial charge in [-0.25, -0.2) is 9.37 Å². The number of fused-ring (bicyclic) bond motifs is 1. The minimum atomic E-state index is -0.333. The fourth-order valence-electron chi connectivity index (χ4n) is 2.26. The van der Waals surface area contributed by atoms with E-state index in [2.05, 4.69) is 15.2 Å². The van der Waals surface area contributed by atoms with E-state index in [9.17, 15) is 9.18 Å². The van der Waals surface area contributed by atoms with E-state index in [0.29, 0.717) is 28.7 Å². The van der Waals surface area contributed by atoms with Gasteiger partial charge in [0.1, 0.15) is 18.0 Å². The van der Waals surface area contributed by atoms with Crippen LogP contribution < -0.4 is 0 Å². The van der Waals surface area contributed by atoms with Crippen LogP contribution in [0.25, 0.3) is 10.8 Å². The van der Waals surface area contributed by atoms with E-state index in [1.807, 2.05) is 0 Å². The molecule has 1 aromatic heterocycles. The number of aromatic nitrogens is 3. The monoisotopic (exact) mass is 284 g/mol. The van der Waals surface area contributed by atoms with Crippen LogP contribution in [0.4, 0.5) is 4.39 Å². The van der Waals surface area contributed by atoms with Gasteiger partial charge in [0, 0.05) is 18.0 Å². The van der Waals surface area contributed by atoms with E-state index < -0.39 is 0 Å². The third-order valence-corrected chi connectivity index (χ3v) is 3.30. The number of hydrogen-bond donors (Lipinski definition) is 1. The number of nitrogens with one attached hydrogen (secondary N) is 1. The lowest BCUT2D eigenvalue weighted by molar-refractivity contribution is 0.0783. The number of benzene rings is 2. The third kappa shape index (κ3) is 2.47. The first-order chi connectivity index (χ1) is 10.2. The molecule has 0 bridgehead atoms. The average Bonchev–Trinajstić information content (AvgIpc) is 3.00. The van der Waals surface area contributed by atoms with Crippen molar-refractivity contribution >= 4 is 16.7 Å². The van der Waals surface area contributed by atoms with Gasteiger partial charge in [-0.15, -0.1) is 0 Å². The number of aromatic amines is 1. The maximum Gasteiger partial charge on any atom is 0.254 e. The summed E-state index contributed by atoms with van der Waals surface area (Å²) in [6, 6.07) is 9.77. The Kier molecular flexibility index (Phi) is 3.35. The van der Waals surface area contributed by atoms with Gasteiger partial charge in [0.25, 0.3) is 5.91 Å². The number of H-pyrrole nitrogens is 1. The molecule has 1 heterocycles. The van der Waals surface area contributed by atoms with Crippen LogP contribution in [-0.2, 0) is 6.54 Å². The smallest absolute Gasteiger partial charge is 0.254 e. The first-order valence-corrected chi connectivity index (χ1v) is 6.44. The van der Waals surface area contributed by atoms with Crippen LogP contribution in [-0.4, -0.2) is 33.0 Å². The molecule has 0 aliphatic carbocycles. The highest BCUT2D eigenvalue weighted by Crippen LogP contribution is 2.23. The van der Waals surface area contributed by atoms with Crippen molar-refractivity contribution in [2.24, 2.45) is 0 Å². The fourth-order valence-corrected chi connectivity index (χ4v) is 2.26. The van der Waals surface area contributed by atoms with Gasteiger partial charge in [-0.2, -0.15) is 5.10 Å². The Morgan fingerprint density at radius 3 is 2.71 bits per heavy atom. The molecule has 0 spiro atoms. The van der Waals surface area contributed by atoms with Crippen LogP contribution in [0.2, 0.25) is 0 Å². The van der Waals surface area contributed by atoms with Crippen molar-refractivity contribution in [1.29, 1.82) is 0 Å². The highest BCUT2D eigenvalue weighted by molar-refractivity contribution is 6.07. The van der Waals surface area contributed by atoms with Gasteiger partial charge in [-0.3, -0.25) is 9.89 Å². The van der Waals surface area contributed by atoms with E-state index in [-0.39, 0.29) is 11.7 Å². The summed E-state index contributed by atoms with van der Waals surface area (Å²) >= 11 is 0. The lowest BCUT2D eigenvalue weighted by Gasteiger charge is -2.17. The largest absolute Gasteiger partial charge is 0.334 e. The molecule has 0 saturated carbocycles. The Morgan fingerprint density at radius 1 is 1.24 bits per heavy atom. The molecule has 1 N–H and O–H groups in total. The summed E-state index contributed by atoms with van der Waals surface area (Å²) in [4.78, 5) is 18.0. The Hall–Kier alpha value is -2.76. The molecule has 2 aromatic carbocycles. The maximum absolute atomic E-state index is 13.8. The van der Waals surface area contributed by atoms with E-state index >= 15 is 0 Å². The van der Waals surface area contributed by atoms with E-state index in [1.165, 1.54) is 23.4 Å². The molecule has 6 heteroatoms. The predicted molar refractivity (Wildman–Crippen MR) is 76.1 cm³/mol. The summed E-state index contributed by atoms with van der Waals surface area (Å²) in [5.41, 5.74) is 0.467.